The second kappa shape index (κ2) is 8.40. The predicted molar refractivity (Wildman–Crippen MR) is 86.6 cm³/mol. The first-order valence-corrected chi connectivity index (χ1v) is 8.27. The van der Waals surface area contributed by atoms with E-state index < -0.39 is 6.10 Å². The third-order valence-electron chi connectivity index (χ3n) is 4.57. The van der Waals surface area contributed by atoms with Crippen LogP contribution in [0.2, 0.25) is 0 Å². The summed E-state index contributed by atoms with van der Waals surface area (Å²) in [5.41, 5.74) is 0.977. The number of aliphatic hydroxyl groups excluding tert-OH is 1. The lowest BCUT2D eigenvalue weighted by atomic mass is 9.96. The highest BCUT2D eigenvalue weighted by Gasteiger charge is 2.19. The highest BCUT2D eigenvalue weighted by molar-refractivity contribution is 5.28. The molecule has 0 bridgehead atoms. The number of aliphatic hydroxyl groups is 1. The zero-order valence-corrected chi connectivity index (χ0v) is 13.4. The van der Waals surface area contributed by atoms with Crippen LogP contribution in [0.3, 0.4) is 0 Å². The molecule has 21 heavy (non-hydrogen) atoms. The Bertz CT molecular complexity index is 404. The second-order valence-electron chi connectivity index (χ2n) is 6.18. The van der Waals surface area contributed by atoms with Crippen LogP contribution in [0.4, 0.5) is 0 Å². The Kier molecular flexibility index (Phi) is 6.52. The van der Waals surface area contributed by atoms with Gasteiger partial charge in [-0.05, 0) is 56.0 Å². The molecule has 2 atom stereocenters. The summed E-state index contributed by atoms with van der Waals surface area (Å²) in [6.45, 7) is 5.26. The van der Waals surface area contributed by atoms with E-state index in [0.29, 0.717) is 0 Å². The molecule has 1 aromatic carbocycles. The van der Waals surface area contributed by atoms with Gasteiger partial charge in [0, 0.05) is 6.54 Å². The maximum absolute atomic E-state index is 10.4. The number of methoxy groups -OCH3 is 1. The summed E-state index contributed by atoms with van der Waals surface area (Å²) < 4.78 is 5.16. The molecule has 0 radical (unpaired) electrons. The van der Waals surface area contributed by atoms with Crippen LogP contribution < -0.4 is 4.74 Å². The molecule has 1 fully saturated rings. The lowest BCUT2D eigenvalue weighted by molar-refractivity contribution is 0.114. The van der Waals surface area contributed by atoms with Crippen LogP contribution in [0, 0.1) is 5.92 Å². The van der Waals surface area contributed by atoms with Crippen molar-refractivity contribution in [2.45, 2.75) is 45.1 Å². The Morgan fingerprint density at radius 3 is 2.67 bits per heavy atom. The molecule has 2 rings (SSSR count). The fourth-order valence-corrected chi connectivity index (χ4v) is 3.28. The van der Waals surface area contributed by atoms with Gasteiger partial charge in [-0.2, -0.15) is 0 Å². The number of ether oxygens (including phenoxy) is 1. The van der Waals surface area contributed by atoms with Gasteiger partial charge in [0.25, 0.3) is 0 Å². The first-order chi connectivity index (χ1) is 10.2. The van der Waals surface area contributed by atoms with Gasteiger partial charge in [-0.1, -0.05) is 31.9 Å². The topological polar surface area (TPSA) is 32.7 Å². The summed E-state index contributed by atoms with van der Waals surface area (Å²) >= 11 is 0. The van der Waals surface area contributed by atoms with Gasteiger partial charge in [0.15, 0.2) is 0 Å². The van der Waals surface area contributed by atoms with E-state index in [1.807, 2.05) is 24.3 Å². The zero-order chi connectivity index (χ0) is 15.1. The van der Waals surface area contributed by atoms with Gasteiger partial charge < -0.3 is 14.7 Å². The Hall–Kier alpha value is -1.06. The average molecular weight is 291 g/mol. The van der Waals surface area contributed by atoms with Crippen molar-refractivity contribution in [1.29, 1.82) is 0 Å². The molecule has 1 aliphatic rings. The Morgan fingerprint density at radius 2 is 2.00 bits per heavy atom. The van der Waals surface area contributed by atoms with Crippen molar-refractivity contribution in [3.05, 3.63) is 29.8 Å². The van der Waals surface area contributed by atoms with Crippen molar-refractivity contribution >= 4 is 0 Å². The highest BCUT2D eigenvalue weighted by atomic mass is 16.5. The number of likely N-dealkylation sites (tertiary alicyclic amines) is 1. The Labute approximate surface area is 128 Å². The van der Waals surface area contributed by atoms with Crippen molar-refractivity contribution in [3.63, 3.8) is 0 Å². The van der Waals surface area contributed by atoms with E-state index in [1.165, 1.54) is 32.1 Å². The van der Waals surface area contributed by atoms with Crippen molar-refractivity contribution in [1.82, 2.24) is 4.90 Å². The van der Waals surface area contributed by atoms with Crippen LogP contribution in [0.5, 0.6) is 5.75 Å². The van der Waals surface area contributed by atoms with E-state index in [9.17, 15) is 5.11 Å². The molecule has 0 amide bonds. The van der Waals surface area contributed by atoms with Gasteiger partial charge in [-0.25, -0.2) is 0 Å². The summed E-state index contributed by atoms with van der Waals surface area (Å²) in [5.74, 6) is 1.72. The third kappa shape index (κ3) is 5.01. The summed E-state index contributed by atoms with van der Waals surface area (Å²) in [5, 5.41) is 10.4. The Balaban J connectivity index is 1.85. The van der Waals surface area contributed by atoms with Crippen molar-refractivity contribution < 1.29 is 9.84 Å². The predicted octanol–water partition coefficient (Wildman–Crippen LogP) is 3.63. The van der Waals surface area contributed by atoms with Crippen LogP contribution >= 0.6 is 0 Å². The maximum Gasteiger partial charge on any atom is 0.118 e. The maximum atomic E-state index is 10.4. The van der Waals surface area contributed by atoms with E-state index in [2.05, 4.69) is 11.8 Å². The molecule has 2 unspecified atom stereocenters. The van der Waals surface area contributed by atoms with Crippen LogP contribution in [0.15, 0.2) is 24.3 Å². The summed E-state index contributed by atoms with van der Waals surface area (Å²) in [6.07, 6.45) is 6.14. The van der Waals surface area contributed by atoms with Gasteiger partial charge in [0.2, 0.25) is 0 Å². The van der Waals surface area contributed by atoms with Crippen molar-refractivity contribution in [2.24, 2.45) is 5.92 Å². The highest BCUT2D eigenvalue weighted by Crippen LogP contribution is 2.24. The SMILES string of the molecule is CCCC1CCCN(CC(O)c2ccc(OC)cc2)CC1. The minimum Gasteiger partial charge on any atom is -0.497 e. The molecule has 3 heteroatoms. The molecular formula is C18H29NO2. The molecule has 0 aliphatic carbocycles. The number of benzene rings is 1. The van der Waals surface area contributed by atoms with Crippen LogP contribution in [0.1, 0.15) is 50.7 Å². The van der Waals surface area contributed by atoms with Gasteiger partial charge in [0.1, 0.15) is 5.75 Å². The minimum absolute atomic E-state index is 0.404. The summed E-state index contributed by atoms with van der Waals surface area (Å²) in [4.78, 5) is 2.42. The molecule has 0 aromatic heterocycles. The van der Waals surface area contributed by atoms with Crippen LogP contribution in [-0.4, -0.2) is 36.8 Å². The quantitative estimate of drug-likeness (QED) is 0.868. The molecular weight excluding hydrogens is 262 g/mol. The first kappa shape index (κ1) is 16.3. The van der Waals surface area contributed by atoms with E-state index in [4.69, 9.17) is 4.74 Å². The molecule has 0 spiro atoms. The lowest BCUT2D eigenvalue weighted by Crippen LogP contribution is -2.29. The molecule has 1 saturated heterocycles. The number of hydrogen-bond acceptors (Lipinski definition) is 3. The largest absolute Gasteiger partial charge is 0.497 e. The molecule has 1 aliphatic heterocycles. The second-order valence-corrected chi connectivity index (χ2v) is 6.18. The number of rotatable bonds is 6. The van der Waals surface area contributed by atoms with Crippen LogP contribution in [-0.2, 0) is 0 Å². The molecule has 1 N–H and O–H groups in total. The van der Waals surface area contributed by atoms with Crippen LogP contribution in [0.25, 0.3) is 0 Å². The van der Waals surface area contributed by atoms with Gasteiger partial charge >= 0.3 is 0 Å². The summed E-state index contributed by atoms with van der Waals surface area (Å²) in [6, 6.07) is 7.75. The third-order valence-corrected chi connectivity index (χ3v) is 4.57. The van der Waals surface area contributed by atoms with E-state index in [1.54, 1.807) is 7.11 Å². The van der Waals surface area contributed by atoms with E-state index in [-0.39, 0.29) is 0 Å². The zero-order valence-electron chi connectivity index (χ0n) is 13.4. The Morgan fingerprint density at radius 1 is 1.24 bits per heavy atom. The average Bonchev–Trinajstić information content (AvgIpc) is 2.73. The van der Waals surface area contributed by atoms with Crippen molar-refractivity contribution in [3.8, 4) is 5.75 Å². The molecule has 1 heterocycles. The standard InChI is InChI=1S/C18H29NO2/c1-3-5-15-6-4-12-19(13-11-15)14-18(20)16-7-9-17(21-2)10-8-16/h7-10,15,18,20H,3-6,11-14H2,1-2H3. The first-order valence-electron chi connectivity index (χ1n) is 8.27. The van der Waals surface area contributed by atoms with E-state index >= 15 is 0 Å². The summed E-state index contributed by atoms with van der Waals surface area (Å²) in [7, 11) is 1.66. The lowest BCUT2D eigenvalue weighted by Gasteiger charge is -2.23. The van der Waals surface area contributed by atoms with Gasteiger partial charge in [0.05, 0.1) is 13.2 Å². The normalized spacial score (nSPS) is 21.8. The molecule has 0 saturated carbocycles. The molecule has 3 nitrogen and oxygen atoms in total. The fourth-order valence-electron chi connectivity index (χ4n) is 3.28. The van der Waals surface area contributed by atoms with Gasteiger partial charge in [-0.3, -0.25) is 0 Å². The fraction of sp³-hybridized carbons (Fsp3) is 0.667. The number of hydrogen-bond donors (Lipinski definition) is 1. The smallest absolute Gasteiger partial charge is 0.118 e. The monoisotopic (exact) mass is 291 g/mol. The van der Waals surface area contributed by atoms with Crippen molar-refractivity contribution in [2.75, 3.05) is 26.7 Å². The van der Waals surface area contributed by atoms with E-state index in [0.717, 1.165) is 36.9 Å². The molecule has 1 aromatic rings. The number of β-amino-alcohol motifs (C(OH)–C–C–N with tert-alkyl or cyclic N) is 1. The minimum atomic E-state index is -0.404. The van der Waals surface area contributed by atoms with Gasteiger partial charge in [-0.15, -0.1) is 0 Å². The molecule has 118 valence electrons. The number of nitrogens with zero attached hydrogens (tertiary/aromatic N) is 1.